The molecule has 3 fully saturated rings. The quantitative estimate of drug-likeness (QED) is 0.345. The number of aliphatic hydroxyl groups is 1. The van der Waals surface area contributed by atoms with E-state index >= 15 is 0 Å². The lowest BCUT2D eigenvalue weighted by Crippen LogP contribution is -2.62. The molecule has 4 aliphatic carbocycles. The van der Waals surface area contributed by atoms with Crippen LogP contribution in [-0.4, -0.2) is 37.7 Å². The monoisotopic (exact) mass is 566 g/mol. The van der Waals surface area contributed by atoms with Gasteiger partial charge in [0.15, 0.2) is 5.60 Å². The number of fused-ring (bicyclic) bond motifs is 6. The number of halogens is 1. The standard InChI is InChI=1S/C32H39FN2O4S/c1-18(2)13-27(37)39-32(29(38)40)12-11-24-23-10-5-20-14-25-19(17-34-35(25)22-8-6-21(33)7-9-22)15-30(20,3)28(23)26(36)16-31(24,32)4/h6-9,14,17-18,23-24,26,28,36H,5,10-13,15-16H2,1-4H3,(H,38,40)/t23?,24-,26?,28+,30?,31?,32?/m0/s1. The van der Waals surface area contributed by atoms with Gasteiger partial charge in [0.2, 0.25) is 5.12 Å². The number of aliphatic hydroxyl groups excluding tert-OH is 1. The number of thiol groups is 1. The molecule has 3 saturated carbocycles. The lowest BCUT2D eigenvalue weighted by atomic mass is 9.45. The molecule has 0 saturated heterocycles. The summed E-state index contributed by atoms with van der Waals surface area (Å²) in [5.41, 5.74) is 2.02. The van der Waals surface area contributed by atoms with Crippen LogP contribution in [0.25, 0.3) is 11.8 Å². The number of rotatable bonds is 5. The van der Waals surface area contributed by atoms with Crippen LogP contribution in [0.3, 0.4) is 0 Å². The molecule has 4 aliphatic rings. The number of ether oxygens (including phenoxy) is 1. The summed E-state index contributed by atoms with van der Waals surface area (Å²) in [6.45, 7) is 8.23. The van der Waals surface area contributed by atoms with Gasteiger partial charge in [-0.25, -0.2) is 9.07 Å². The molecule has 0 bridgehead atoms. The fourth-order valence-electron chi connectivity index (χ4n) is 9.09. The number of hydrogen-bond donors (Lipinski definition) is 2. The van der Waals surface area contributed by atoms with Crippen molar-refractivity contribution in [1.82, 2.24) is 9.78 Å². The highest BCUT2D eigenvalue weighted by Crippen LogP contribution is 2.68. The number of carbonyl (C=O) groups excluding carboxylic acids is 2. The predicted molar refractivity (Wildman–Crippen MR) is 153 cm³/mol. The number of esters is 1. The average molecular weight is 567 g/mol. The van der Waals surface area contributed by atoms with Crippen molar-refractivity contribution >= 4 is 29.8 Å². The summed E-state index contributed by atoms with van der Waals surface area (Å²) >= 11 is 4.29. The van der Waals surface area contributed by atoms with Gasteiger partial charge in [-0.3, -0.25) is 9.59 Å². The fraction of sp³-hybridized carbons (Fsp3) is 0.594. The average Bonchev–Trinajstić information content (AvgIpc) is 3.40. The molecule has 214 valence electrons. The number of nitrogens with zero attached hydrogens (tertiary/aromatic N) is 2. The molecule has 1 heterocycles. The summed E-state index contributed by atoms with van der Waals surface area (Å²) in [5.74, 6) is -0.163. The van der Waals surface area contributed by atoms with Gasteiger partial charge in [-0.2, -0.15) is 5.10 Å². The zero-order chi connectivity index (χ0) is 28.6. The number of allylic oxidation sites excluding steroid dienone is 1. The van der Waals surface area contributed by atoms with E-state index in [1.807, 2.05) is 31.6 Å². The SMILES string of the molecule is CC(C)CC(=O)OC1(C(=O)S)CC[C@H]2C3CCC4=Cc5c(cnn5-c5ccc(F)cc5)CC4(C)[C@H]3C(O)CC21C. The van der Waals surface area contributed by atoms with Crippen molar-refractivity contribution in [2.45, 2.75) is 84.3 Å². The van der Waals surface area contributed by atoms with Crippen molar-refractivity contribution in [2.24, 2.45) is 34.5 Å². The molecule has 40 heavy (non-hydrogen) atoms. The molecule has 7 atom stereocenters. The Hall–Kier alpha value is -2.45. The van der Waals surface area contributed by atoms with Gasteiger partial charge < -0.3 is 9.84 Å². The molecule has 1 aromatic heterocycles. The van der Waals surface area contributed by atoms with Crippen LogP contribution in [-0.2, 0) is 20.7 Å². The van der Waals surface area contributed by atoms with Gasteiger partial charge in [0, 0.05) is 11.8 Å². The van der Waals surface area contributed by atoms with Crippen molar-refractivity contribution in [3.8, 4) is 5.69 Å². The first-order valence-electron chi connectivity index (χ1n) is 14.6. The summed E-state index contributed by atoms with van der Waals surface area (Å²) in [4.78, 5) is 26.0. The smallest absolute Gasteiger partial charge is 0.307 e. The Morgan fingerprint density at radius 3 is 2.62 bits per heavy atom. The van der Waals surface area contributed by atoms with E-state index in [9.17, 15) is 19.1 Å². The first-order chi connectivity index (χ1) is 18.9. The van der Waals surface area contributed by atoms with Crippen LogP contribution in [0, 0.1) is 40.3 Å². The molecule has 1 N–H and O–H groups in total. The van der Waals surface area contributed by atoms with E-state index in [1.165, 1.54) is 17.7 Å². The van der Waals surface area contributed by atoms with Crippen LogP contribution in [0.15, 0.2) is 36.0 Å². The van der Waals surface area contributed by atoms with E-state index in [1.54, 1.807) is 12.1 Å². The van der Waals surface area contributed by atoms with Crippen molar-refractivity contribution < 1.29 is 23.8 Å². The van der Waals surface area contributed by atoms with E-state index < -0.39 is 22.2 Å². The molecular formula is C32H39FN2O4S. The van der Waals surface area contributed by atoms with Crippen molar-refractivity contribution in [2.75, 3.05) is 0 Å². The maximum absolute atomic E-state index is 13.5. The van der Waals surface area contributed by atoms with Gasteiger partial charge >= 0.3 is 5.97 Å². The van der Waals surface area contributed by atoms with Crippen LogP contribution in [0.4, 0.5) is 4.39 Å². The van der Waals surface area contributed by atoms with Crippen molar-refractivity contribution in [3.05, 3.63) is 53.1 Å². The Bertz CT molecular complexity index is 1390. The summed E-state index contributed by atoms with van der Waals surface area (Å²) < 4.78 is 21.5. The van der Waals surface area contributed by atoms with E-state index in [-0.39, 0.29) is 47.3 Å². The normalized spacial score (nSPS) is 36.2. The van der Waals surface area contributed by atoms with Crippen molar-refractivity contribution in [1.29, 1.82) is 0 Å². The first kappa shape index (κ1) is 27.7. The molecule has 6 rings (SSSR count). The van der Waals surface area contributed by atoms with Crippen molar-refractivity contribution in [3.63, 3.8) is 0 Å². The number of benzene rings is 1. The first-order valence-corrected chi connectivity index (χ1v) is 15.0. The minimum Gasteiger partial charge on any atom is -0.449 e. The van der Waals surface area contributed by atoms with Crippen LogP contribution in [0.5, 0.6) is 0 Å². The van der Waals surface area contributed by atoms with Crippen LogP contribution < -0.4 is 0 Å². The summed E-state index contributed by atoms with van der Waals surface area (Å²) in [6, 6.07) is 6.37. The molecule has 2 aromatic rings. The molecule has 5 unspecified atom stereocenters. The second-order valence-corrected chi connectivity index (χ2v) is 13.9. The van der Waals surface area contributed by atoms with E-state index in [2.05, 4.69) is 30.7 Å². The van der Waals surface area contributed by atoms with Gasteiger partial charge in [-0.1, -0.05) is 33.3 Å². The number of carbonyl (C=O) groups is 2. The maximum atomic E-state index is 13.5. The Balaban J connectivity index is 1.33. The topological polar surface area (TPSA) is 81.4 Å². The predicted octanol–water partition coefficient (Wildman–Crippen LogP) is 5.95. The van der Waals surface area contributed by atoms with Gasteiger partial charge in [0.1, 0.15) is 5.82 Å². The Kier molecular flexibility index (Phi) is 6.61. The maximum Gasteiger partial charge on any atom is 0.307 e. The van der Waals surface area contributed by atoms with E-state index in [0.717, 1.165) is 42.6 Å². The third-order valence-corrected chi connectivity index (χ3v) is 11.2. The highest BCUT2D eigenvalue weighted by Gasteiger charge is 2.70. The minimum absolute atomic E-state index is 0.0186. The lowest BCUT2D eigenvalue weighted by molar-refractivity contribution is -0.196. The number of hydrogen-bond acceptors (Lipinski definition) is 5. The molecule has 8 heteroatoms. The number of aromatic nitrogens is 2. The van der Waals surface area contributed by atoms with Crippen LogP contribution in [0.1, 0.15) is 77.5 Å². The Labute approximate surface area is 240 Å². The van der Waals surface area contributed by atoms with E-state index in [4.69, 9.17) is 4.74 Å². The molecule has 0 aliphatic heterocycles. The van der Waals surface area contributed by atoms with Gasteiger partial charge in [0.05, 0.1) is 23.7 Å². The zero-order valence-corrected chi connectivity index (χ0v) is 24.6. The lowest BCUT2D eigenvalue weighted by Gasteiger charge is -2.60. The van der Waals surface area contributed by atoms with E-state index in [0.29, 0.717) is 12.8 Å². The molecule has 0 spiro atoms. The molecule has 0 amide bonds. The fourth-order valence-corrected chi connectivity index (χ4v) is 9.51. The second kappa shape index (κ2) is 9.55. The summed E-state index contributed by atoms with van der Waals surface area (Å²) in [7, 11) is 0. The largest absolute Gasteiger partial charge is 0.449 e. The third kappa shape index (κ3) is 3.96. The van der Waals surface area contributed by atoms with Crippen LogP contribution >= 0.6 is 12.6 Å². The van der Waals surface area contributed by atoms with Gasteiger partial charge in [0.25, 0.3) is 0 Å². The van der Waals surface area contributed by atoms with Gasteiger partial charge in [-0.05, 0) is 104 Å². The highest BCUT2D eigenvalue weighted by atomic mass is 32.1. The molecule has 6 nitrogen and oxygen atoms in total. The highest BCUT2D eigenvalue weighted by molar-refractivity contribution is 7.96. The third-order valence-electron chi connectivity index (χ3n) is 10.8. The Morgan fingerprint density at radius 1 is 1.23 bits per heavy atom. The molecular weight excluding hydrogens is 527 g/mol. The second-order valence-electron chi connectivity index (χ2n) is 13.5. The summed E-state index contributed by atoms with van der Waals surface area (Å²) in [5, 5.41) is 16.2. The van der Waals surface area contributed by atoms with Crippen LogP contribution in [0.2, 0.25) is 0 Å². The molecule has 0 radical (unpaired) electrons. The summed E-state index contributed by atoms with van der Waals surface area (Å²) in [6.07, 6.45) is 7.89. The van der Waals surface area contributed by atoms with Gasteiger partial charge in [-0.15, -0.1) is 12.6 Å². The zero-order valence-electron chi connectivity index (χ0n) is 23.7. The minimum atomic E-state index is -1.31. The Morgan fingerprint density at radius 2 is 1.95 bits per heavy atom. The molecule has 1 aromatic carbocycles.